The molecule has 0 aromatic heterocycles. The maximum Gasteiger partial charge on any atom is 0.195 e. The Balaban J connectivity index is 2.05. The van der Waals surface area contributed by atoms with Gasteiger partial charge >= 0.3 is 0 Å². The van der Waals surface area contributed by atoms with Crippen LogP contribution in [0.2, 0.25) is 0 Å². The molecule has 23 heavy (non-hydrogen) atoms. The lowest BCUT2D eigenvalue weighted by Gasteiger charge is -2.18. The molecule has 0 bridgehead atoms. The molecule has 3 aromatic carbocycles. The van der Waals surface area contributed by atoms with Crippen LogP contribution < -0.4 is 0 Å². The third kappa shape index (κ3) is 3.66. The SMILES string of the molecule is O=S(=O)(c1ccccc1)C(Sc1ccccc1)c1ccccc1. The first-order chi connectivity index (χ1) is 11.2. The molecule has 0 aliphatic rings. The van der Waals surface area contributed by atoms with Crippen molar-refractivity contribution < 1.29 is 8.42 Å². The molecule has 0 radical (unpaired) electrons. The van der Waals surface area contributed by atoms with Crippen LogP contribution in [0.4, 0.5) is 0 Å². The normalized spacial score (nSPS) is 12.7. The zero-order chi connectivity index (χ0) is 16.1. The van der Waals surface area contributed by atoms with Crippen molar-refractivity contribution >= 4 is 21.6 Å². The Bertz CT molecular complexity index is 846. The van der Waals surface area contributed by atoms with Gasteiger partial charge in [-0.15, -0.1) is 11.8 Å². The van der Waals surface area contributed by atoms with Crippen molar-refractivity contribution in [3.63, 3.8) is 0 Å². The van der Waals surface area contributed by atoms with Gasteiger partial charge < -0.3 is 0 Å². The average Bonchev–Trinajstić information content (AvgIpc) is 2.62. The molecule has 0 saturated carbocycles. The topological polar surface area (TPSA) is 34.1 Å². The summed E-state index contributed by atoms with van der Waals surface area (Å²) in [5, 5.41) is 0. The standard InChI is InChI=1S/C19H16O2S2/c20-23(21,18-14-8-3-9-15-18)19(16-10-4-1-5-11-16)22-17-12-6-2-7-13-17/h1-15,19H. The summed E-state index contributed by atoms with van der Waals surface area (Å²) in [4.78, 5) is 1.28. The van der Waals surface area contributed by atoms with Crippen molar-refractivity contribution in [3.8, 4) is 0 Å². The molecule has 0 spiro atoms. The van der Waals surface area contributed by atoms with Crippen molar-refractivity contribution in [2.75, 3.05) is 0 Å². The van der Waals surface area contributed by atoms with Gasteiger partial charge in [0.05, 0.1) is 4.90 Å². The summed E-state index contributed by atoms with van der Waals surface area (Å²) in [5.41, 5.74) is 0.783. The fourth-order valence-corrected chi connectivity index (χ4v) is 5.60. The first kappa shape index (κ1) is 15.8. The fourth-order valence-electron chi connectivity index (χ4n) is 2.28. The minimum absolute atomic E-state index is 0.345. The van der Waals surface area contributed by atoms with E-state index in [1.165, 1.54) is 11.8 Å². The van der Waals surface area contributed by atoms with Gasteiger partial charge in [-0.2, -0.15) is 0 Å². The Morgan fingerprint density at radius 1 is 0.652 bits per heavy atom. The highest BCUT2D eigenvalue weighted by atomic mass is 32.3. The highest BCUT2D eigenvalue weighted by Gasteiger charge is 2.29. The quantitative estimate of drug-likeness (QED) is 0.616. The molecule has 1 unspecified atom stereocenters. The second-order valence-corrected chi connectivity index (χ2v) is 8.54. The first-order valence-electron chi connectivity index (χ1n) is 7.23. The second kappa shape index (κ2) is 7.02. The van der Waals surface area contributed by atoms with Crippen LogP contribution in [0.15, 0.2) is 101 Å². The minimum Gasteiger partial charge on any atom is -0.222 e. The van der Waals surface area contributed by atoms with Gasteiger partial charge in [0, 0.05) is 4.90 Å². The van der Waals surface area contributed by atoms with Crippen molar-refractivity contribution in [2.24, 2.45) is 0 Å². The Hall–Kier alpha value is -2.04. The zero-order valence-corrected chi connectivity index (χ0v) is 14.0. The Kier molecular flexibility index (Phi) is 4.84. The molecule has 0 N–H and O–H groups in total. The van der Waals surface area contributed by atoms with E-state index in [1.807, 2.05) is 66.7 Å². The van der Waals surface area contributed by atoms with E-state index < -0.39 is 14.4 Å². The zero-order valence-electron chi connectivity index (χ0n) is 12.4. The lowest BCUT2D eigenvalue weighted by Crippen LogP contribution is -2.11. The molecular weight excluding hydrogens is 324 g/mol. The van der Waals surface area contributed by atoms with E-state index in [1.54, 1.807) is 24.3 Å². The molecule has 0 aliphatic heterocycles. The predicted octanol–water partition coefficient (Wildman–Crippen LogP) is 4.95. The summed E-state index contributed by atoms with van der Waals surface area (Å²) in [6.07, 6.45) is 0. The van der Waals surface area contributed by atoms with Gasteiger partial charge in [0.15, 0.2) is 9.84 Å². The summed E-state index contributed by atoms with van der Waals surface area (Å²) in [5.74, 6) is 0. The molecule has 0 saturated heterocycles. The van der Waals surface area contributed by atoms with Gasteiger partial charge in [-0.25, -0.2) is 8.42 Å². The first-order valence-corrected chi connectivity index (χ1v) is 9.66. The predicted molar refractivity (Wildman–Crippen MR) is 95.1 cm³/mol. The molecular formula is C19H16O2S2. The fraction of sp³-hybridized carbons (Fsp3) is 0.0526. The molecule has 116 valence electrons. The van der Waals surface area contributed by atoms with Crippen LogP contribution in [0.25, 0.3) is 0 Å². The van der Waals surface area contributed by atoms with Gasteiger partial charge in [0.2, 0.25) is 0 Å². The Morgan fingerprint density at radius 3 is 1.70 bits per heavy atom. The number of thioether (sulfide) groups is 1. The molecule has 0 heterocycles. The van der Waals surface area contributed by atoms with E-state index >= 15 is 0 Å². The molecule has 2 nitrogen and oxygen atoms in total. The summed E-state index contributed by atoms with van der Waals surface area (Å²) in [6, 6.07) is 27.6. The smallest absolute Gasteiger partial charge is 0.195 e. The summed E-state index contributed by atoms with van der Waals surface area (Å²) < 4.78 is 25.6. The van der Waals surface area contributed by atoms with Crippen molar-refractivity contribution in [1.82, 2.24) is 0 Å². The number of sulfone groups is 1. The van der Waals surface area contributed by atoms with Crippen molar-refractivity contribution in [3.05, 3.63) is 96.6 Å². The highest BCUT2D eigenvalue weighted by molar-refractivity contribution is 8.12. The van der Waals surface area contributed by atoms with Gasteiger partial charge in [-0.05, 0) is 29.8 Å². The van der Waals surface area contributed by atoms with Crippen LogP contribution in [0.1, 0.15) is 10.1 Å². The summed E-state index contributed by atoms with van der Waals surface area (Å²) >= 11 is 1.36. The number of benzene rings is 3. The van der Waals surface area contributed by atoms with E-state index in [9.17, 15) is 8.42 Å². The van der Waals surface area contributed by atoms with Crippen LogP contribution in [-0.4, -0.2) is 8.42 Å². The maximum atomic E-state index is 13.1. The van der Waals surface area contributed by atoms with Crippen molar-refractivity contribution in [2.45, 2.75) is 14.4 Å². The van der Waals surface area contributed by atoms with Crippen LogP contribution in [0.3, 0.4) is 0 Å². The largest absolute Gasteiger partial charge is 0.222 e. The summed E-state index contributed by atoms with van der Waals surface area (Å²) in [6.45, 7) is 0. The minimum atomic E-state index is -3.49. The molecule has 1 atom stereocenters. The summed E-state index contributed by atoms with van der Waals surface area (Å²) in [7, 11) is -3.49. The van der Waals surface area contributed by atoms with Gasteiger partial charge in [-0.3, -0.25) is 0 Å². The number of hydrogen-bond donors (Lipinski definition) is 0. The number of hydrogen-bond acceptors (Lipinski definition) is 3. The molecule has 0 amide bonds. The molecule has 0 fully saturated rings. The third-order valence-electron chi connectivity index (χ3n) is 3.41. The van der Waals surface area contributed by atoms with E-state index in [0.29, 0.717) is 4.90 Å². The van der Waals surface area contributed by atoms with Crippen LogP contribution in [-0.2, 0) is 9.84 Å². The lowest BCUT2D eigenvalue weighted by molar-refractivity contribution is 0.594. The van der Waals surface area contributed by atoms with Crippen molar-refractivity contribution in [1.29, 1.82) is 0 Å². The average molecular weight is 340 g/mol. The second-order valence-electron chi connectivity index (χ2n) is 5.03. The van der Waals surface area contributed by atoms with Gasteiger partial charge in [0.25, 0.3) is 0 Å². The van der Waals surface area contributed by atoms with E-state index in [4.69, 9.17) is 0 Å². The number of rotatable bonds is 5. The molecule has 4 heteroatoms. The van der Waals surface area contributed by atoms with Crippen LogP contribution >= 0.6 is 11.8 Å². The van der Waals surface area contributed by atoms with Crippen LogP contribution in [0.5, 0.6) is 0 Å². The monoisotopic (exact) mass is 340 g/mol. The Morgan fingerprint density at radius 2 is 1.13 bits per heavy atom. The molecule has 3 rings (SSSR count). The highest BCUT2D eigenvalue weighted by Crippen LogP contribution is 2.42. The third-order valence-corrected chi connectivity index (χ3v) is 7.26. The molecule has 3 aromatic rings. The van der Waals surface area contributed by atoms with Crippen LogP contribution in [0, 0.1) is 0 Å². The van der Waals surface area contributed by atoms with Gasteiger partial charge in [-0.1, -0.05) is 66.7 Å². The maximum absolute atomic E-state index is 13.1. The lowest BCUT2D eigenvalue weighted by atomic mass is 10.2. The molecule has 0 aliphatic carbocycles. The Labute approximate surface area is 141 Å². The van der Waals surface area contributed by atoms with E-state index in [0.717, 1.165) is 10.5 Å². The van der Waals surface area contributed by atoms with Gasteiger partial charge in [0.1, 0.15) is 4.58 Å². The van der Waals surface area contributed by atoms with E-state index in [-0.39, 0.29) is 0 Å². The van der Waals surface area contributed by atoms with E-state index in [2.05, 4.69) is 0 Å².